The highest BCUT2D eigenvalue weighted by molar-refractivity contribution is 6.08. The second-order valence-corrected chi connectivity index (χ2v) is 4.75. The summed E-state index contributed by atoms with van der Waals surface area (Å²) in [4.78, 5) is 35.6. The van der Waals surface area contributed by atoms with Crippen molar-refractivity contribution in [1.82, 2.24) is 4.90 Å². The number of ketones is 1. The molecule has 1 amide bonds. The average Bonchev–Trinajstić information content (AvgIpc) is 2.70. The molecule has 0 saturated carbocycles. The predicted molar refractivity (Wildman–Crippen MR) is 70.9 cm³/mol. The van der Waals surface area contributed by atoms with Gasteiger partial charge in [-0.05, 0) is 12.5 Å². The summed E-state index contributed by atoms with van der Waals surface area (Å²) in [6.45, 7) is 1.12. The Morgan fingerprint density at radius 2 is 1.90 bits per heavy atom. The monoisotopic (exact) mass is 288 g/mol. The molecule has 1 aromatic carbocycles. The molecule has 1 aliphatic rings. The molecule has 0 aliphatic carbocycles. The predicted octanol–water partition coefficient (Wildman–Crippen LogP) is 0.111. The molecule has 0 bridgehead atoms. The standard InChI is InChI=1S/C15H15NO5/c1-9(17)12-13(10-5-3-2-4-6-10)16(8-7-11(18)19)15(21)14(12)20/h2-6,13,20H,7-8H2,1H3,(H,18,19)/p-1. The van der Waals surface area contributed by atoms with Crippen molar-refractivity contribution in [2.45, 2.75) is 19.4 Å². The second kappa shape index (κ2) is 5.78. The van der Waals surface area contributed by atoms with Crippen LogP contribution in [-0.4, -0.2) is 34.2 Å². The topological polar surface area (TPSA) is 97.7 Å². The van der Waals surface area contributed by atoms with E-state index in [1.165, 1.54) is 11.8 Å². The second-order valence-electron chi connectivity index (χ2n) is 4.75. The molecule has 1 aromatic rings. The van der Waals surface area contributed by atoms with Gasteiger partial charge in [0.15, 0.2) is 11.5 Å². The number of aliphatic carboxylic acids is 1. The van der Waals surface area contributed by atoms with Crippen molar-refractivity contribution in [2.24, 2.45) is 0 Å². The van der Waals surface area contributed by atoms with Crippen molar-refractivity contribution in [3.63, 3.8) is 0 Å². The van der Waals surface area contributed by atoms with Crippen molar-refractivity contribution in [2.75, 3.05) is 6.54 Å². The summed E-state index contributed by atoms with van der Waals surface area (Å²) in [5, 5.41) is 20.5. The number of nitrogens with zero attached hydrogens (tertiary/aromatic N) is 1. The van der Waals surface area contributed by atoms with Gasteiger partial charge in [0.2, 0.25) is 0 Å². The number of carbonyl (C=O) groups is 3. The SMILES string of the molecule is CC(=O)C1=C(O)C(=O)N(CCC(=O)[O-])C1c1ccccc1. The number of aliphatic hydroxyl groups excluding tert-OH is 1. The lowest BCUT2D eigenvalue weighted by atomic mass is 9.97. The van der Waals surface area contributed by atoms with Crippen molar-refractivity contribution in [3.05, 3.63) is 47.2 Å². The van der Waals surface area contributed by atoms with Gasteiger partial charge < -0.3 is 19.9 Å². The number of hydrogen-bond donors (Lipinski definition) is 1. The maximum absolute atomic E-state index is 12.1. The highest BCUT2D eigenvalue weighted by Crippen LogP contribution is 2.37. The molecule has 0 aromatic heterocycles. The number of carbonyl (C=O) groups excluding carboxylic acids is 3. The van der Waals surface area contributed by atoms with Gasteiger partial charge in [0.05, 0.1) is 11.6 Å². The van der Waals surface area contributed by atoms with Gasteiger partial charge in [-0.15, -0.1) is 0 Å². The first-order valence-corrected chi connectivity index (χ1v) is 6.43. The Kier molecular flexibility index (Phi) is 4.07. The third kappa shape index (κ3) is 2.79. The van der Waals surface area contributed by atoms with Crippen LogP contribution in [0.5, 0.6) is 0 Å². The fourth-order valence-electron chi connectivity index (χ4n) is 2.44. The summed E-state index contributed by atoms with van der Waals surface area (Å²) in [6, 6.07) is 7.92. The molecular formula is C15H14NO5-. The third-order valence-electron chi connectivity index (χ3n) is 3.36. The first kappa shape index (κ1) is 14.8. The number of rotatable bonds is 5. The summed E-state index contributed by atoms with van der Waals surface area (Å²) in [5.74, 6) is -3.08. The van der Waals surface area contributed by atoms with Crippen LogP contribution in [-0.2, 0) is 14.4 Å². The van der Waals surface area contributed by atoms with E-state index in [9.17, 15) is 24.6 Å². The summed E-state index contributed by atoms with van der Waals surface area (Å²) >= 11 is 0. The van der Waals surface area contributed by atoms with Crippen LogP contribution in [0.4, 0.5) is 0 Å². The molecule has 6 nitrogen and oxygen atoms in total. The Hall–Kier alpha value is -2.63. The number of benzene rings is 1. The molecule has 0 radical (unpaired) electrons. The smallest absolute Gasteiger partial charge is 0.290 e. The van der Waals surface area contributed by atoms with Crippen LogP contribution in [0.1, 0.15) is 24.9 Å². The van der Waals surface area contributed by atoms with Gasteiger partial charge in [-0.2, -0.15) is 0 Å². The zero-order valence-electron chi connectivity index (χ0n) is 11.4. The minimum absolute atomic E-state index is 0.00968. The van der Waals surface area contributed by atoms with Crippen LogP contribution < -0.4 is 5.11 Å². The molecular weight excluding hydrogens is 274 g/mol. The van der Waals surface area contributed by atoms with E-state index in [0.29, 0.717) is 5.56 Å². The maximum atomic E-state index is 12.1. The van der Waals surface area contributed by atoms with Crippen molar-refractivity contribution < 1.29 is 24.6 Å². The fourth-order valence-corrected chi connectivity index (χ4v) is 2.44. The van der Waals surface area contributed by atoms with Crippen molar-refractivity contribution in [3.8, 4) is 0 Å². The maximum Gasteiger partial charge on any atom is 0.290 e. The van der Waals surface area contributed by atoms with Crippen LogP contribution >= 0.6 is 0 Å². The van der Waals surface area contributed by atoms with Gasteiger partial charge in [-0.3, -0.25) is 9.59 Å². The van der Waals surface area contributed by atoms with Crippen molar-refractivity contribution in [1.29, 1.82) is 0 Å². The summed E-state index contributed by atoms with van der Waals surface area (Å²) in [6.07, 6.45) is -0.368. The summed E-state index contributed by atoms with van der Waals surface area (Å²) in [5.41, 5.74) is 0.628. The first-order chi connectivity index (χ1) is 9.93. The van der Waals surface area contributed by atoms with E-state index in [1.807, 2.05) is 0 Å². The zero-order chi connectivity index (χ0) is 15.6. The minimum Gasteiger partial charge on any atom is -0.550 e. The number of Topliss-reactive ketones (excluding diaryl/α,β-unsaturated/α-hetero) is 1. The lowest BCUT2D eigenvalue weighted by Gasteiger charge is -2.26. The van der Waals surface area contributed by atoms with Crippen LogP contribution in [0.25, 0.3) is 0 Å². The van der Waals surface area contributed by atoms with Gasteiger partial charge in [0.1, 0.15) is 0 Å². The number of carboxylic acids is 1. The average molecular weight is 288 g/mol. The Morgan fingerprint density at radius 3 is 2.43 bits per heavy atom. The van der Waals surface area contributed by atoms with E-state index in [1.54, 1.807) is 30.3 Å². The quantitative estimate of drug-likeness (QED) is 0.829. The minimum atomic E-state index is -1.30. The van der Waals surface area contributed by atoms with Crippen LogP contribution in [0, 0.1) is 0 Å². The molecule has 1 atom stereocenters. The lowest BCUT2D eigenvalue weighted by molar-refractivity contribution is -0.305. The van der Waals surface area contributed by atoms with Crippen molar-refractivity contribution >= 4 is 17.7 Å². The largest absolute Gasteiger partial charge is 0.550 e. The van der Waals surface area contributed by atoms with Gasteiger partial charge in [0.25, 0.3) is 5.91 Å². The zero-order valence-corrected chi connectivity index (χ0v) is 11.4. The van der Waals surface area contributed by atoms with Gasteiger partial charge in [0, 0.05) is 18.9 Å². The fraction of sp³-hybridized carbons (Fsp3) is 0.267. The molecule has 1 unspecified atom stereocenters. The molecule has 0 spiro atoms. The van der Waals surface area contributed by atoms with Gasteiger partial charge in [-0.1, -0.05) is 30.3 Å². The summed E-state index contributed by atoms with van der Waals surface area (Å²) in [7, 11) is 0. The Morgan fingerprint density at radius 1 is 1.29 bits per heavy atom. The molecule has 0 saturated heterocycles. The Labute approximate surface area is 121 Å². The summed E-state index contributed by atoms with van der Waals surface area (Å²) < 4.78 is 0. The van der Waals surface area contributed by atoms with E-state index in [4.69, 9.17) is 0 Å². The van der Waals surface area contributed by atoms with Crippen LogP contribution in [0.3, 0.4) is 0 Å². The molecule has 110 valence electrons. The Balaban J connectivity index is 2.43. The van der Waals surface area contributed by atoms with Crippen LogP contribution in [0.2, 0.25) is 0 Å². The molecule has 1 aliphatic heterocycles. The highest BCUT2D eigenvalue weighted by Gasteiger charge is 2.41. The van der Waals surface area contributed by atoms with E-state index in [0.717, 1.165) is 0 Å². The van der Waals surface area contributed by atoms with E-state index in [-0.39, 0.29) is 18.5 Å². The number of aliphatic hydroxyl groups is 1. The molecule has 2 rings (SSSR count). The van der Waals surface area contributed by atoms with E-state index < -0.39 is 29.5 Å². The molecule has 6 heteroatoms. The molecule has 0 fully saturated rings. The van der Waals surface area contributed by atoms with Gasteiger partial charge in [-0.25, -0.2) is 0 Å². The molecule has 21 heavy (non-hydrogen) atoms. The lowest BCUT2D eigenvalue weighted by Crippen LogP contribution is -2.35. The van der Waals surface area contributed by atoms with E-state index in [2.05, 4.69) is 0 Å². The molecule has 1 heterocycles. The number of carboxylic acid groups (broad SMARTS) is 1. The normalized spacial score (nSPS) is 18.2. The highest BCUT2D eigenvalue weighted by atomic mass is 16.4. The van der Waals surface area contributed by atoms with E-state index >= 15 is 0 Å². The first-order valence-electron chi connectivity index (χ1n) is 6.43. The van der Waals surface area contributed by atoms with Gasteiger partial charge >= 0.3 is 0 Å². The molecule has 1 N–H and O–H groups in total. The third-order valence-corrected chi connectivity index (χ3v) is 3.36. The number of hydrogen-bond acceptors (Lipinski definition) is 5. The number of amides is 1. The van der Waals surface area contributed by atoms with Crippen LogP contribution in [0.15, 0.2) is 41.7 Å². The Bertz CT molecular complexity index is 620.